The Balaban J connectivity index is 1.79. The van der Waals surface area contributed by atoms with Crippen LogP contribution in [0, 0.1) is 6.92 Å². The molecule has 3 rings (SSSR count). The van der Waals surface area contributed by atoms with Gasteiger partial charge in [-0.05, 0) is 58.2 Å². The van der Waals surface area contributed by atoms with E-state index >= 15 is 0 Å². The number of carbonyl (C=O) groups excluding carboxylic acids is 1. The molecule has 6 heteroatoms. The maximum absolute atomic E-state index is 12.8. The molecule has 138 valence electrons. The quantitative estimate of drug-likeness (QED) is 0.860. The molecule has 0 saturated carbocycles. The molecule has 0 unspecified atom stereocenters. The molecule has 2 aromatic rings. The van der Waals surface area contributed by atoms with Crippen LogP contribution >= 0.6 is 0 Å². The number of aromatic nitrogens is 2. The van der Waals surface area contributed by atoms with E-state index in [0.29, 0.717) is 30.3 Å². The number of fused-ring (bicyclic) bond motifs is 1. The Hall–Kier alpha value is -2.63. The molecule has 1 aliphatic carbocycles. The third kappa shape index (κ3) is 3.95. The lowest BCUT2D eigenvalue weighted by Gasteiger charge is -2.25. The lowest BCUT2D eigenvalue weighted by Crippen LogP contribution is -2.31. The number of rotatable bonds is 6. The molecule has 0 spiro atoms. The van der Waals surface area contributed by atoms with Crippen LogP contribution in [0.3, 0.4) is 0 Å². The van der Waals surface area contributed by atoms with E-state index in [4.69, 9.17) is 9.47 Å². The second-order valence-electron chi connectivity index (χ2n) is 6.27. The van der Waals surface area contributed by atoms with Gasteiger partial charge in [-0.3, -0.25) is 4.79 Å². The fourth-order valence-corrected chi connectivity index (χ4v) is 3.23. The molecule has 1 atom stereocenters. The molecule has 1 amide bonds. The molecular weight excluding hydrogens is 330 g/mol. The number of hydrogen-bond acceptors (Lipinski definition) is 5. The third-order valence-corrected chi connectivity index (χ3v) is 4.41. The van der Waals surface area contributed by atoms with Crippen LogP contribution in [-0.4, -0.2) is 29.1 Å². The monoisotopic (exact) mass is 355 g/mol. The Kier molecular flexibility index (Phi) is 5.71. The van der Waals surface area contributed by atoms with Gasteiger partial charge < -0.3 is 14.8 Å². The van der Waals surface area contributed by atoms with Crippen LogP contribution in [0.5, 0.6) is 11.5 Å². The topological polar surface area (TPSA) is 73.3 Å². The van der Waals surface area contributed by atoms with E-state index < -0.39 is 0 Å². The Morgan fingerprint density at radius 3 is 2.77 bits per heavy atom. The van der Waals surface area contributed by atoms with Crippen LogP contribution in [0.2, 0.25) is 0 Å². The van der Waals surface area contributed by atoms with Crippen molar-refractivity contribution >= 4 is 5.91 Å². The standard InChI is InChI=1S/C20H25N3O3/c1-4-25-18-10-9-14(11-19(18)26-5-2)20(24)23-17-8-6-7-16-15(17)12-21-13(3)22-16/h9-12,17H,4-8H2,1-3H3,(H,23,24)/t17-/m0/s1. The van der Waals surface area contributed by atoms with E-state index in [2.05, 4.69) is 15.3 Å². The Morgan fingerprint density at radius 1 is 1.23 bits per heavy atom. The normalized spacial score (nSPS) is 15.9. The van der Waals surface area contributed by atoms with E-state index in [0.717, 1.165) is 36.3 Å². The fourth-order valence-electron chi connectivity index (χ4n) is 3.23. The molecule has 1 N–H and O–H groups in total. The summed E-state index contributed by atoms with van der Waals surface area (Å²) >= 11 is 0. The van der Waals surface area contributed by atoms with Gasteiger partial charge in [0.2, 0.25) is 0 Å². The highest BCUT2D eigenvalue weighted by atomic mass is 16.5. The van der Waals surface area contributed by atoms with Crippen molar-refractivity contribution in [1.29, 1.82) is 0 Å². The number of nitrogens with one attached hydrogen (secondary N) is 1. The molecule has 1 aromatic heterocycles. The Bertz CT molecular complexity index is 792. The summed E-state index contributed by atoms with van der Waals surface area (Å²) in [4.78, 5) is 21.6. The Labute approximate surface area is 154 Å². The minimum absolute atomic E-state index is 0.0611. The second kappa shape index (κ2) is 8.17. The van der Waals surface area contributed by atoms with Crippen molar-refractivity contribution in [1.82, 2.24) is 15.3 Å². The highest BCUT2D eigenvalue weighted by Gasteiger charge is 2.24. The minimum Gasteiger partial charge on any atom is -0.490 e. The van der Waals surface area contributed by atoms with Crippen LogP contribution in [0.4, 0.5) is 0 Å². The van der Waals surface area contributed by atoms with E-state index in [1.807, 2.05) is 27.0 Å². The number of benzene rings is 1. The first-order valence-electron chi connectivity index (χ1n) is 9.15. The van der Waals surface area contributed by atoms with E-state index in [9.17, 15) is 4.79 Å². The summed E-state index contributed by atoms with van der Waals surface area (Å²) in [6.07, 6.45) is 4.66. The number of nitrogens with zero attached hydrogens (tertiary/aromatic N) is 2. The number of aryl methyl sites for hydroxylation is 2. The van der Waals surface area contributed by atoms with Gasteiger partial charge in [0.25, 0.3) is 5.91 Å². The van der Waals surface area contributed by atoms with Gasteiger partial charge in [0.05, 0.1) is 19.3 Å². The largest absolute Gasteiger partial charge is 0.490 e. The first-order chi connectivity index (χ1) is 12.6. The molecule has 0 saturated heterocycles. The smallest absolute Gasteiger partial charge is 0.251 e. The molecular formula is C20H25N3O3. The zero-order valence-corrected chi connectivity index (χ0v) is 15.5. The van der Waals surface area contributed by atoms with E-state index in [-0.39, 0.29) is 11.9 Å². The van der Waals surface area contributed by atoms with Gasteiger partial charge in [-0.1, -0.05) is 0 Å². The lowest BCUT2D eigenvalue weighted by atomic mass is 9.92. The first-order valence-corrected chi connectivity index (χ1v) is 9.15. The summed E-state index contributed by atoms with van der Waals surface area (Å²) in [6.45, 7) is 6.77. The van der Waals surface area contributed by atoms with Crippen LogP contribution < -0.4 is 14.8 Å². The first kappa shape index (κ1) is 18.2. The van der Waals surface area contributed by atoms with E-state index in [1.54, 1.807) is 18.2 Å². The van der Waals surface area contributed by atoms with Crippen molar-refractivity contribution < 1.29 is 14.3 Å². The molecule has 0 aliphatic heterocycles. The van der Waals surface area contributed by atoms with Gasteiger partial charge >= 0.3 is 0 Å². The van der Waals surface area contributed by atoms with Crippen LogP contribution in [0.15, 0.2) is 24.4 Å². The zero-order chi connectivity index (χ0) is 18.5. The van der Waals surface area contributed by atoms with Gasteiger partial charge in [0, 0.05) is 23.0 Å². The highest BCUT2D eigenvalue weighted by Crippen LogP contribution is 2.31. The van der Waals surface area contributed by atoms with Crippen LogP contribution in [0.25, 0.3) is 0 Å². The summed E-state index contributed by atoms with van der Waals surface area (Å²) in [7, 11) is 0. The van der Waals surface area contributed by atoms with Gasteiger partial charge in [-0.15, -0.1) is 0 Å². The predicted molar refractivity (Wildman–Crippen MR) is 98.7 cm³/mol. The highest BCUT2D eigenvalue weighted by molar-refractivity contribution is 5.95. The summed E-state index contributed by atoms with van der Waals surface area (Å²) in [5, 5.41) is 3.12. The molecule has 0 fully saturated rings. The predicted octanol–water partition coefficient (Wildman–Crippen LogP) is 3.39. The number of hydrogen-bond donors (Lipinski definition) is 1. The maximum atomic E-state index is 12.8. The summed E-state index contributed by atoms with van der Waals surface area (Å²) in [5.74, 6) is 1.87. The lowest BCUT2D eigenvalue weighted by molar-refractivity contribution is 0.0932. The van der Waals surface area contributed by atoms with Crippen molar-refractivity contribution in [2.45, 2.75) is 46.1 Å². The number of carbonyl (C=O) groups is 1. The van der Waals surface area contributed by atoms with Gasteiger partial charge in [-0.25, -0.2) is 9.97 Å². The summed E-state index contributed by atoms with van der Waals surface area (Å²) in [5.41, 5.74) is 2.61. The second-order valence-corrected chi connectivity index (χ2v) is 6.27. The molecule has 1 aliphatic rings. The van der Waals surface area contributed by atoms with Gasteiger partial charge in [0.1, 0.15) is 5.82 Å². The van der Waals surface area contributed by atoms with Crippen molar-refractivity contribution in [3.8, 4) is 11.5 Å². The Morgan fingerprint density at radius 2 is 2.00 bits per heavy atom. The summed E-state index contributed by atoms with van der Waals surface area (Å²) < 4.78 is 11.2. The average Bonchev–Trinajstić information content (AvgIpc) is 2.63. The van der Waals surface area contributed by atoms with E-state index in [1.165, 1.54) is 0 Å². The maximum Gasteiger partial charge on any atom is 0.251 e. The number of amides is 1. The van der Waals surface area contributed by atoms with Crippen LogP contribution in [-0.2, 0) is 6.42 Å². The molecule has 26 heavy (non-hydrogen) atoms. The van der Waals surface area contributed by atoms with Crippen molar-refractivity contribution in [3.63, 3.8) is 0 Å². The fraction of sp³-hybridized carbons (Fsp3) is 0.450. The van der Waals surface area contributed by atoms with Gasteiger partial charge in [-0.2, -0.15) is 0 Å². The third-order valence-electron chi connectivity index (χ3n) is 4.41. The van der Waals surface area contributed by atoms with Crippen molar-refractivity contribution in [2.24, 2.45) is 0 Å². The average molecular weight is 355 g/mol. The molecule has 1 aromatic carbocycles. The van der Waals surface area contributed by atoms with Gasteiger partial charge in [0.15, 0.2) is 11.5 Å². The molecule has 6 nitrogen and oxygen atoms in total. The molecule has 0 radical (unpaired) electrons. The zero-order valence-electron chi connectivity index (χ0n) is 15.5. The summed E-state index contributed by atoms with van der Waals surface area (Å²) in [6, 6.07) is 5.22. The number of ether oxygens (including phenoxy) is 2. The molecule has 0 bridgehead atoms. The van der Waals surface area contributed by atoms with Crippen molar-refractivity contribution in [3.05, 3.63) is 47.0 Å². The van der Waals surface area contributed by atoms with Crippen LogP contribution in [0.1, 0.15) is 60.2 Å². The molecule has 1 heterocycles. The SMILES string of the molecule is CCOc1ccc(C(=O)N[C@H]2CCCc3nc(C)ncc32)cc1OCC. The van der Waals surface area contributed by atoms with Crippen molar-refractivity contribution in [2.75, 3.05) is 13.2 Å². The minimum atomic E-state index is -0.132.